The average Bonchev–Trinajstić information content (AvgIpc) is 3.14. The molecule has 0 unspecified atom stereocenters. The first kappa shape index (κ1) is 15.4. The highest BCUT2D eigenvalue weighted by Gasteiger charge is 2.30. The number of fused-ring (bicyclic) bond motifs is 1. The van der Waals surface area contributed by atoms with Crippen molar-refractivity contribution in [2.45, 2.75) is 31.7 Å². The summed E-state index contributed by atoms with van der Waals surface area (Å²) in [6.45, 7) is 0. The number of carboxylic acids is 1. The van der Waals surface area contributed by atoms with Gasteiger partial charge in [0.15, 0.2) is 0 Å². The molecule has 1 aromatic carbocycles. The summed E-state index contributed by atoms with van der Waals surface area (Å²) in [6, 6.07) is 5.65. The van der Waals surface area contributed by atoms with Crippen molar-refractivity contribution in [1.82, 2.24) is 10.3 Å². The van der Waals surface area contributed by atoms with E-state index in [4.69, 9.17) is 9.84 Å². The van der Waals surface area contributed by atoms with Gasteiger partial charge in [-0.05, 0) is 37.0 Å². The lowest BCUT2D eigenvalue weighted by Crippen LogP contribution is -2.34. The third-order valence-corrected chi connectivity index (χ3v) is 4.47. The summed E-state index contributed by atoms with van der Waals surface area (Å²) in [5.74, 6) is -0.470. The Kier molecular flexibility index (Phi) is 4.23. The molecule has 1 aliphatic rings. The average molecular weight is 316 g/mol. The number of benzene rings is 1. The maximum Gasteiger partial charge on any atom is 0.306 e. The van der Waals surface area contributed by atoms with Crippen LogP contribution in [0.3, 0.4) is 0 Å². The molecule has 3 N–H and O–H groups in total. The minimum Gasteiger partial charge on any atom is -0.496 e. The Morgan fingerprint density at radius 1 is 1.39 bits per heavy atom. The Labute approximate surface area is 133 Å². The van der Waals surface area contributed by atoms with Gasteiger partial charge in [0.1, 0.15) is 5.75 Å². The summed E-state index contributed by atoms with van der Waals surface area (Å²) in [6.07, 6.45) is 3.93. The molecule has 6 heteroatoms. The molecule has 1 heterocycles. The molecule has 122 valence electrons. The molecule has 0 spiro atoms. The molecule has 0 radical (unpaired) electrons. The number of carboxylic acid groups (broad SMARTS) is 1. The highest BCUT2D eigenvalue weighted by Crippen LogP contribution is 2.29. The third kappa shape index (κ3) is 3.16. The van der Waals surface area contributed by atoms with Crippen LogP contribution in [0, 0.1) is 5.92 Å². The number of amides is 1. The number of methoxy groups -OCH3 is 1. The molecule has 1 aromatic heterocycles. The predicted molar refractivity (Wildman–Crippen MR) is 85.5 cm³/mol. The molecule has 1 fully saturated rings. The number of aromatic amines is 1. The fraction of sp³-hybridized carbons (Fsp3) is 0.412. The summed E-state index contributed by atoms with van der Waals surface area (Å²) in [7, 11) is 1.61. The van der Waals surface area contributed by atoms with Gasteiger partial charge in [-0.2, -0.15) is 0 Å². The van der Waals surface area contributed by atoms with E-state index >= 15 is 0 Å². The number of aromatic nitrogens is 1. The van der Waals surface area contributed by atoms with Crippen molar-refractivity contribution < 1.29 is 19.4 Å². The molecule has 23 heavy (non-hydrogen) atoms. The van der Waals surface area contributed by atoms with Crippen LogP contribution in [-0.2, 0) is 16.0 Å². The maximum absolute atomic E-state index is 12.3. The number of aliphatic carboxylic acids is 1. The zero-order valence-electron chi connectivity index (χ0n) is 13.0. The monoisotopic (exact) mass is 316 g/mol. The second kappa shape index (κ2) is 6.32. The van der Waals surface area contributed by atoms with Crippen LogP contribution < -0.4 is 10.1 Å². The number of carbonyl (C=O) groups is 2. The summed E-state index contributed by atoms with van der Waals surface area (Å²) >= 11 is 0. The molecule has 0 bridgehead atoms. The van der Waals surface area contributed by atoms with E-state index in [0.29, 0.717) is 12.8 Å². The SMILES string of the molecule is COc1cccc2[nH]cc(CC(=O)N[C@H]3CC[C@@H](C(=O)O)C3)c12. The number of H-pyrrole nitrogens is 1. The standard InChI is InChI=1S/C17H20N2O4/c1-23-14-4-2-3-13-16(14)11(9-18-13)8-15(20)19-12-6-5-10(7-12)17(21)22/h2-4,9-10,12,18H,5-8H2,1H3,(H,19,20)(H,21,22)/t10-,12+/m1/s1. The summed E-state index contributed by atoms with van der Waals surface area (Å²) < 4.78 is 5.36. The Bertz CT molecular complexity index is 737. The van der Waals surface area contributed by atoms with E-state index in [9.17, 15) is 9.59 Å². The van der Waals surface area contributed by atoms with Crippen LogP contribution >= 0.6 is 0 Å². The fourth-order valence-electron chi connectivity index (χ4n) is 3.32. The lowest BCUT2D eigenvalue weighted by molar-refractivity contribution is -0.141. The highest BCUT2D eigenvalue weighted by molar-refractivity contribution is 5.93. The van der Waals surface area contributed by atoms with E-state index in [1.165, 1.54) is 0 Å². The zero-order chi connectivity index (χ0) is 16.4. The van der Waals surface area contributed by atoms with Gasteiger partial charge in [0.05, 0.1) is 19.4 Å². The van der Waals surface area contributed by atoms with E-state index in [1.54, 1.807) is 7.11 Å². The number of hydrogen-bond donors (Lipinski definition) is 3. The molecule has 0 aliphatic heterocycles. The normalized spacial score (nSPS) is 20.6. The minimum absolute atomic E-state index is 0.0456. The third-order valence-electron chi connectivity index (χ3n) is 4.47. The molecule has 1 aliphatic carbocycles. The van der Waals surface area contributed by atoms with Crippen LogP contribution in [0.4, 0.5) is 0 Å². The van der Waals surface area contributed by atoms with Gasteiger partial charge in [-0.3, -0.25) is 9.59 Å². The summed E-state index contributed by atoms with van der Waals surface area (Å²) in [5.41, 5.74) is 1.81. The lowest BCUT2D eigenvalue weighted by Gasteiger charge is -2.12. The van der Waals surface area contributed by atoms with Gasteiger partial charge in [-0.15, -0.1) is 0 Å². The van der Waals surface area contributed by atoms with Gasteiger partial charge in [0.25, 0.3) is 0 Å². The fourth-order valence-corrected chi connectivity index (χ4v) is 3.32. The van der Waals surface area contributed by atoms with Crippen LogP contribution in [0.2, 0.25) is 0 Å². The first-order chi connectivity index (χ1) is 11.1. The van der Waals surface area contributed by atoms with Crippen molar-refractivity contribution in [3.05, 3.63) is 30.0 Å². The number of ether oxygens (including phenoxy) is 1. The molecular weight excluding hydrogens is 296 g/mol. The van der Waals surface area contributed by atoms with Crippen molar-refractivity contribution in [1.29, 1.82) is 0 Å². The first-order valence-electron chi connectivity index (χ1n) is 7.73. The Hall–Kier alpha value is -2.50. The summed E-state index contributed by atoms with van der Waals surface area (Å²) in [5, 5.41) is 12.9. The van der Waals surface area contributed by atoms with E-state index in [2.05, 4.69) is 10.3 Å². The first-order valence-corrected chi connectivity index (χ1v) is 7.73. The van der Waals surface area contributed by atoms with Gasteiger partial charge in [-0.25, -0.2) is 0 Å². The highest BCUT2D eigenvalue weighted by atomic mass is 16.5. The van der Waals surface area contributed by atoms with Crippen LogP contribution in [0.15, 0.2) is 24.4 Å². The smallest absolute Gasteiger partial charge is 0.306 e. The van der Waals surface area contributed by atoms with Crippen molar-refractivity contribution in [2.75, 3.05) is 7.11 Å². The van der Waals surface area contributed by atoms with E-state index in [0.717, 1.165) is 28.6 Å². The van der Waals surface area contributed by atoms with E-state index in [-0.39, 0.29) is 24.3 Å². The molecule has 2 aromatic rings. The van der Waals surface area contributed by atoms with Crippen molar-refractivity contribution in [2.24, 2.45) is 5.92 Å². The quantitative estimate of drug-likeness (QED) is 0.787. The van der Waals surface area contributed by atoms with Crippen molar-refractivity contribution in [3.63, 3.8) is 0 Å². The second-order valence-corrected chi connectivity index (χ2v) is 5.99. The minimum atomic E-state index is -0.775. The van der Waals surface area contributed by atoms with Gasteiger partial charge >= 0.3 is 5.97 Å². The molecule has 2 atom stereocenters. The number of carbonyl (C=O) groups excluding carboxylic acids is 1. The molecular formula is C17H20N2O4. The van der Waals surface area contributed by atoms with E-state index in [1.807, 2.05) is 24.4 Å². The maximum atomic E-state index is 12.3. The lowest BCUT2D eigenvalue weighted by atomic mass is 10.1. The van der Waals surface area contributed by atoms with Gasteiger partial charge in [-0.1, -0.05) is 6.07 Å². The largest absolute Gasteiger partial charge is 0.496 e. The predicted octanol–water partition coefficient (Wildman–Crippen LogP) is 2.09. The Morgan fingerprint density at radius 2 is 2.22 bits per heavy atom. The van der Waals surface area contributed by atoms with Crippen LogP contribution in [0.25, 0.3) is 10.9 Å². The van der Waals surface area contributed by atoms with Crippen LogP contribution in [-0.4, -0.2) is 35.1 Å². The number of hydrogen-bond acceptors (Lipinski definition) is 3. The molecule has 0 saturated heterocycles. The molecule has 3 rings (SSSR count). The van der Waals surface area contributed by atoms with Gasteiger partial charge < -0.3 is 20.1 Å². The summed E-state index contributed by atoms with van der Waals surface area (Å²) in [4.78, 5) is 26.4. The molecule has 1 saturated carbocycles. The number of nitrogens with one attached hydrogen (secondary N) is 2. The number of rotatable bonds is 5. The van der Waals surface area contributed by atoms with Crippen LogP contribution in [0.5, 0.6) is 5.75 Å². The van der Waals surface area contributed by atoms with E-state index < -0.39 is 5.97 Å². The van der Waals surface area contributed by atoms with Crippen molar-refractivity contribution in [3.8, 4) is 5.75 Å². The molecule has 6 nitrogen and oxygen atoms in total. The Morgan fingerprint density at radius 3 is 2.91 bits per heavy atom. The van der Waals surface area contributed by atoms with Crippen LogP contribution in [0.1, 0.15) is 24.8 Å². The van der Waals surface area contributed by atoms with Gasteiger partial charge in [0.2, 0.25) is 5.91 Å². The molecule has 1 amide bonds. The zero-order valence-corrected chi connectivity index (χ0v) is 13.0. The Balaban J connectivity index is 1.68. The van der Waals surface area contributed by atoms with Crippen molar-refractivity contribution >= 4 is 22.8 Å². The topological polar surface area (TPSA) is 91.4 Å². The second-order valence-electron chi connectivity index (χ2n) is 5.99. The van der Waals surface area contributed by atoms with Gasteiger partial charge in [0, 0.05) is 23.1 Å².